The Morgan fingerprint density at radius 2 is 1.94 bits per heavy atom. The van der Waals surface area contributed by atoms with Crippen molar-refractivity contribution in [3.05, 3.63) is 29.8 Å². The highest BCUT2D eigenvalue weighted by atomic mass is 16.5. The Morgan fingerprint density at radius 3 is 2.53 bits per heavy atom. The maximum absolute atomic E-state index is 9.13. The first-order chi connectivity index (χ1) is 8.29. The van der Waals surface area contributed by atoms with Gasteiger partial charge in [-0.05, 0) is 19.1 Å². The van der Waals surface area contributed by atoms with Crippen LogP contribution in [0.2, 0.25) is 0 Å². The standard InChI is InChI=1S/C13H15N3O/c1-11-2-4-12(5-3-11)15-13(10-14)16-6-8-17-9-7-16/h2-5H,6-9H2,1H3. The van der Waals surface area contributed by atoms with Gasteiger partial charge < -0.3 is 9.64 Å². The molecule has 88 valence electrons. The van der Waals surface area contributed by atoms with Crippen LogP contribution < -0.4 is 0 Å². The van der Waals surface area contributed by atoms with E-state index >= 15 is 0 Å². The quantitative estimate of drug-likeness (QED) is 0.545. The van der Waals surface area contributed by atoms with Crippen LogP contribution in [0.25, 0.3) is 0 Å². The number of hydrogen-bond acceptors (Lipinski definition) is 3. The summed E-state index contributed by atoms with van der Waals surface area (Å²) in [7, 11) is 0. The number of nitrogens with zero attached hydrogens (tertiary/aromatic N) is 3. The predicted octanol–water partition coefficient (Wildman–Crippen LogP) is 1.88. The molecule has 4 heteroatoms. The molecule has 17 heavy (non-hydrogen) atoms. The van der Waals surface area contributed by atoms with Gasteiger partial charge in [0.2, 0.25) is 5.84 Å². The predicted molar refractivity (Wildman–Crippen MR) is 66.3 cm³/mol. The van der Waals surface area contributed by atoms with E-state index in [-0.39, 0.29) is 0 Å². The number of nitriles is 1. The Labute approximate surface area is 101 Å². The third kappa shape index (κ3) is 3.05. The van der Waals surface area contributed by atoms with E-state index in [0.717, 1.165) is 18.8 Å². The Morgan fingerprint density at radius 1 is 1.29 bits per heavy atom. The second kappa shape index (κ2) is 5.46. The largest absolute Gasteiger partial charge is 0.378 e. The molecule has 1 aliphatic rings. The van der Waals surface area contributed by atoms with Crippen molar-refractivity contribution in [2.24, 2.45) is 4.99 Å². The smallest absolute Gasteiger partial charge is 0.209 e. The lowest BCUT2D eigenvalue weighted by atomic mass is 10.2. The van der Waals surface area contributed by atoms with E-state index in [0.29, 0.717) is 19.0 Å². The van der Waals surface area contributed by atoms with Gasteiger partial charge in [-0.3, -0.25) is 0 Å². The van der Waals surface area contributed by atoms with E-state index in [2.05, 4.69) is 11.1 Å². The van der Waals surface area contributed by atoms with Gasteiger partial charge in [0, 0.05) is 13.1 Å². The normalized spacial score (nSPS) is 16.7. The molecule has 0 bridgehead atoms. The number of aliphatic imine (C=N–C) groups is 1. The molecule has 0 spiro atoms. The molecule has 0 atom stereocenters. The van der Waals surface area contributed by atoms with Crippen molar-refractivity contribution in [2.75, 3.05) is 26.3 Å². The van der Waals surface area contributed by atoms with E-state index in [4.69, 9.17) is 10.00 Å². The maximum Gasteiger partial charge on any atom is 0.209 e. The Balaban J connectivity index is 2.17. The molecule has 0 saturated carbocycles. The molecular formula is C13H15N3O. The maximum atomic E-state index is 9.13. The molecular weight excluding hydrogens is 214 g/mol. The minimum Gasteiger partial charge on any atom is -0.378 e. The molecule has 0 N–H and O–H groups in total. The number of aryl methyl sites for hydroxylation is 1. The third-order valence-electron chi connectivity index (χ3n) is 2.68. The SMILES string of the molecule is Cc1ccc(N=C(C#N)N2CCOCC2)cc1. The monoisotopic (exact) mass is 229 g/mol. The number of hydrogen-bond donors (Lipinski definition) is 0. The van der Waals surface area contributed by atoms with Crippen LogP contribution in [0.3, 0.4) is 0 Å². The van der Waals surface area contributed by atoms with E-state index in [9.17, 15) is 0 Å². The second-order valence-electron chi connectivity index (χ2n) is 3.98. The zero-order valence-electron chi connectivity index (χ0n) is 9.89. The summed E-state index contributed by atoms with van der Waals surface area (Å²) in [6.07, 6.45) is 0. The van der Waals surface area contributed by atoms with Crippen LogP contribution in [0.4, 0.5) is 5.69 Å². The highest BCUT2D eigenvalue weighted by molar-refractivity contribution is 5.98. The zero-order chi connectivity index (χ0) is 12.1. The Kier molecular flexibility index (Phi) is 3.73. The molecule has 0 radical (unpaired) electrons. The molecule has 1 aromatic rings. The summed E-state index contributed by atoms with van der Waals surface area (Å²) in [6, 6.07) is 9.99. The molecule has 1 heterocycles. The van der Waals surface area contributed by atoms with Crippen molar-refractivity contribution in [3.8, 4) is 6.07 Å². The fourth-order valence-corrected chi connectivity index (χ4v) is 1.68. The minimum atomic E-state index is 0.470. The number of ether oxygens (including phenoxy) is 1. The van der Waals surface area contributed by atoms with Gasteiger partial charge in [-0.1, -0.05) is 17.7 Å². The van der Waals surface area contributed by atoms with Crippen molar-refractivity contribution >= 4 is 11.5 Å². The van der Waals surface area contributed by atoms with E-state index in [1.165, 1.54) is 5.56 Å². The fraction of sp³-hybridized carbons (Fsp3) is 0.385. The average Bonchev–Trinajstić information content (AvgIpc) is 2.39. The van der Waals surface area contributed by atoms with Crippen molar-refractivity contribution in [3.63, 3.8) is 0 Å². The average molecular weight is 229 g/mol. The van der Waals surface area contributed by atoms with Crippen LogP contribution in [-0.2, 0) is 4.74 Å². The summed E-state index contributed by atoms with van der Waals surface area (Å²) in [4.78, 5) is 6.33. The van der Waals surface area contributed by atoms with E-state index in [1.807, 2.05) is 36.1 Å². The highest BCUT2D eigenvalue weighted by Gasteiger charge is 2.14. The van der Waals surface area contributed by atoms with Crippen LogP contribution in [0.1, 0.15) is 5.56 Å². The topological polar surface area (TPSA) is 48.6 Å². The van der Waals surface area contributed by atoms with Gasteiger partial charge in [0.05, 0.1) is 18.9 Å². The molecule has 1 saturated heterocycles. The van der Waals surface area contributed by atoms with Crippen molar-refractivity contribution in [2.45, 2.75) is 6.92 Å². The number of benzene rings is 1. The molecule has 0 unspecified atom stereocenters. The lowest BCUT2D eigenvalue weighted by Crippen LogP contribution is -2.40. The third-order valence-corrected chi connectivity index (χ3v) is 2.68. The summed E-state index contributed by atoms with van der Waals surface area (Å²) >= 11 is 0. The molecule has 4 nitrogen and oxygen atoms in total. The number of rotatable bonds is 1. The zero-order valence-corrected chi connectivity index (χ0v) is 9.89. The highest BCUT2D eigenvalue weighted by Crippen LogP contribution is 2.14. The molecule has 0 aromatic heterocycles. The van der Waals surface area contributed by atoms with Gasteiger partial charge >= 0.3 is 0 Å². The first-order valence-electron chi connectivity index (χ1n) is 5.68. The fourth-order valence-electron chi connectivity index (χ4n) is 1.68. The molecule has 1 fully saturated rings. The van der Waals surface area contributed by atoms with Gasteiger partial charge in [0.15, 0.2) is 0 Å². The van der Waals surface area contributed by atoms with E-state index in [1.54, 1.807) is 0 Å². The van der Waals surface area contributed by atoms with Crippen LogP contribution in [-0.4, -0.2) is 37.0 Å². The number of amidine groups is 1. The Bertz CT molecular complexity index is 439. The summed E-state index contributed by atoms with van der Waals surface area (Å²) in [6.45, 7) is 4.82. The molecule has 2 rings (SSSR count). The van der Waals surface area contributed by atoms with Crippen molar-refractivity contribution < 1.29 is 4.74 Å². The second-order valence-corrected chi connectivity index (χ2v) is 3.98. The van der Waals surface area contributed by atoms with Crippen molar-refractivity contribution in [1.82, 2.24) is 4.90 Å². The van der Waals surface area contributed by atoms with Crippen LogP contribution >= 0.6 is 0 Å². The van der Waals surface area contributed by atoms with Crippen LogP contribution in [0, 0.1) is 18.3 Å². The molecule has 1 aromatic carbocycles. The van der Waals surface area contributed by atoms with Crippen LogP contribution in [0.5, 0.6) is 0 Å². The van der Waals surface area contributed by atoms with Crippen molar-refractivity contribution in [1.29, 1.82) is 5.26 Å². The lowest BCUT2D eigenvalue weighted by molar-refractivity contribution is 0.0686. The summed E-state index contributed by atoms with van der Waals surface area (Å²) in [5, 5.41) is 9.13. The van der Waals surface area contributed by atoms with Gasteiger partial charge in [0.25, 0.3) is 0 Å². The summed E-state index contributed by atoms with van der Waals surface area (Å²) < 4.78 is 5.25. The Hall–Kier alpha value is -1.86. The van der Waals surface area contributed by atoms with Crippen LogP contribution in [0.15, 0.2) is 29.3 Å². The molecule has 1 aliphatic heterocycles. The molecule has 0 aliphatic carbocycles. The number of morpholine rings is 1. The summed E-state index contributed by atoms with van der Waals surface area (Å²) in [5.41, 5.74) is 2.01. The van der Waals surface area contributed by atoms with Gasteiger partial charge in [-0.2, -0.15) is 5.26 Å². The summed E-state index contributed by atoms with van der Waals surface area (Å²) in [5.74, 6) is 0.470. The molecule has 0 amide bonds. The lowest BCUT2D eigenvalue weighted by Gasteiger charge is -2.26. The van der Waals surface area contributed by atoms with Gasteiger partial charge in [-0.25, -0.2) is 4.99 Å². The van der Waals surface area contributed by atoms with Gasteiger partial charge in [0.1, 0.15) is 6.07 Å². The first kappa shape index (κ1) is 11.6. The van der Waals surface area contributed by atoms with Gasteiger partial charge in [-0.15, -0.1) is 0 Å². The van der Waals surface area contributed by atoms with E-state index < -0.39 is 0 Å². The first-order valence-corrected chi connectivity index (χ1v) is 5.68. The minimum absolute atomic E-state index is 0.470.